The molecule has 1 aromatic carbocycles. The van der Waals surface area contributed by atoms with Gasteiger partial charge < -0.3 is 21.0 Å². The van der Waals surface area contributed by atoms with Crippen molar-refractivity contribution in [3.8, 4) is 0 Å². The molecular weight excluding hydrogens is 307 g/mol. The van der Waals surface area contributed by atoms with Crippen LogP contribution in [0.3, 0.4) is 0 Å². The van der Waals surface area contributed by atoms with Gasteiger partial charge in [0.05, 0.1) is 0 Å². The normalized spacial score (nSPS) is 10.7. The van der Waals surface area contributed by atoms with Crippen molar-refractivity contribution >= 4 is 23.4 Å². The molecule has 0 saturated carbocycles. The van der Waals surface area contributed by atoms with Gasteiger partial charge in [0, 0.05) is 24.3 Å². The fourth-order valence-corrected chi connectivity index (χ4v) is 1.96. The summed E-state index contributed by atoms with van der Waals surface area (Å²) in [4.78, 5) is 23.1. The number of carbonyl (C=O) groups is 2. The summed E-state index contributed by atoms with van der Waals surface area (Å²) in [6.07, 6.45) is 1.42. The summed E-state index contributed by atoms with van der Waals surface area (Å²) in [7, 11) is 0. The fourth-order valence-electron chi connectivity index (χ4n) is 1.96. The molecule has 116 valence electrons. The molecule has 8 heteroatoms. The Morgan fingerprint density at radius 3 is 2.61 bits per heavy atom. The second-order valence-electron chi connectivity index (χ2n) is 5.45. The molecule has 3 N–H and O–H groups in total. The van der Waals surface area contributed by atoms with Crippen LogP contribution in [0.1, 0.15) is 19.4 Å². The summed E-state index contributed by atoms with van der Waals surface area (Å²) >= 11 is 0. The van der Waals surface area contributed by atoms with E-state index in [9.17, 15) is 14.7 Å². The molecule has 0 aliphatic carbocycles. The predicted molar refractivity (Wildman–Crippen MR) is 79.7 cm³/mol. The first kappa shape index (κ1) is 19.2. The number of benzene rings is 1. The van der Waals surface area contributed by atoms with Crippen molar-refractivity contribution in [2.24, 2.45) is 0 Å². The van der Waals surface area contributed by atoms with Gasteiger partial charge in [-0.3, -0.25) is 9.48 Å². The number of aromatic nitrogens is 2. The number of carboxylic acid groups (broad SMARTS) is 1. The van der Waals surface area contributed by atoms with E-state index in [0.29, 0.717) is 17.1 Å². The molecule has 1 amide bonds. The summed E-state index contributed by atoms with van der Waals surface area (Å²) in [6.45, 7) is 3.42. The van der Waals surface area contributed by atoms with Crippen molar-refractivity contribution in [1.82, 2.24) is 9.78 Å². The molecule has 0 bridgehead atoms. The van der Waals surface area contributed by atoms with Crippen molar-refractivity contribution in [2.75, 3.05) is 11.1 Å². The van der Waals surface area contributed by atoms with Crippen LogP contribution in [0.15, 0.2) is 36.5 Å². The second-order valence-corrected chi connectivity index (χ2v) is 5.45. The molecule has 2 aromatic rings. The van der Waals surface area contributed by atoms with E-state index in [0.717, 1.165) is 0 Å². The monoisotopic (exact) mass is 324 g/mol. The molecule has 0 aliphatic heterocycles. The molecule has 0 saturated heterocycles. The van der Waals surface area contributed by atoms with Gasteiger partial charge in [-0.25, -0.2) is 0 Å². The van der Waals surface area contributed by atoms with Crippen LogP contribution in [0.25, 0.3) is 0 Å². The van der Waals surface area contributed by atoms with E-state index in [4.69, 9.17) is 5.73 Å². The number of carbonyl (C=O) groups excluding carboxylic acids is 2. The van der Waals surface area contributed by atoms with Gasteiger partial charge in [0.15, 0.2) is 0 Å². The fraction of sp³-hybridized carbons (Fsp3) is 0.267. The molecule has 0 radical (unpaired) electrons. The molecule has 1 aromatic heterocycles. The Morgan fingerprint density at radius 2 is 2.04 bits per heavy atom. The first-order chi connectivity index (χ1) is 10.3. The van der Waals surface area contributed by atoms with E-state index in [-0.39, 0.29) is 41.9 Å². The summed E-state index contributed by atoms with van der Waals surface area (Å²) in [5, 5.41) is 17.4. The number of nitrogens with one attached hydrogen (secondary N) is 1. The van der Waals surface area contributed by atoms with E-state index < -0.39 is 11.5 Å². The first-order valence-corrected chi connectivity index (χ1v) is 6.71. The Morgan fingerprint density at radius 1 is 1.35 bits per heavy atom. The van der Waals surface area contributed by atoms with Gasteiger partial charge in [-0.05, 0) is 37.6 Å². The van der Waals surface area contributed by atoms with Crippen LogP contribution < -0.4 is 45.7 Å². The van der Waals surface area contributed by atoms with Crippen LogP contribution in [0.2, 0.25) is 0 Å². The quantitative estimate of drug-likeness (QED) is 0.574. The Kier molecular flexibility index (Phi) is 6.37. The predicted octanol–water partition coefficient (Wildman–Crippen LogP) is -2.86. The number of amides is 1. The molecule has 0 spiro atoms. The van der Waals surface area contributed by atoms with Crippen molar-refractivity contribution in [3.63, 3.8) is 0 Å². The number of rotatable bonds is 5. The van der Waals surface area contributed by atoms with E-state index in [2.05, 4.69) is 10.4 Å². The molecule has 7 nitrogen and oxygen atoms in total. The number of nitrogen functional groups attached to an aromatic ring is 1. The zero-order chi connectivity index (χ0) is 16.3. The van der Waals surface area contributed by atoms with Gasteiger partial charge in [-0.1, -0.05) is 12.1 Å². The molecule has 0 fully saturated rings. The largest absolute Gasteiger partial charge is 1.00 e. The topological polar surface area (TPSA) is 113 Å². The molecule has 23 heavy (non-hydrogen) atoms. The van der Waals surface area contributed by atoms with Gasteiger partial charge in [0.1, 0.15) is 11.4 Å². The average molecular weight is 324 g/mol. The number of hydrogen-bond acceptors (Lipinski definition) is 5. The van der Waals surface area contributed by atoms with E-state index in [1.807, 2.05) is 0 Å². The number of hydrogen-bond donors (Lipinski definition) is 2. The van der Waals surface area contributed by atoms with Gasteiger partial charge in [0.2, 0.25) is 0 Å². The Balaban J connectivity index is 0.00000264. The summed E-state index contributed by atoms with van der Waals surface area (Å²) in [6, 6.07) is 8.22. The zero-order valence-electron chi connectivity index (χ0n) is 13.4. The molecule has 0 unspecified atom stereocenters. The number of nitrogens with two attached hydrogens (primary N) is 1. The van der Waals surface area contributed by atoms with Crippen molar-refractivity contribution in [2.45, 2.75) is 25.8 Å². The molecule has 0 aliphatic rings. The van der Waals surface area contributed by atoms with Crippen molar-refractivity contribution in [1.29, 1.82) is 0 Å². The van der Waals surface area contributed by atoms with Gasteiger partial charge in [-0.15, -0.1) is 0 Å². The minimum absolute atomic E-state index is 0. The third kappa shape index (κ3) is 4.82. The number of aliphatic carboxylic acids is 1. The maximum absolute atomic E-state index is 12.4. The van der Waals surface area contributed by atoms with Crippen LogP contribution in [0.4, 0.5) is 11.5 Å². The third-order valence-corrected chi connectivity index (χ3v) is 3.27. The summed E-state index contributed by atoms with van der Waals surface area (Å²) < 4.78 is 1.47. The molecule has 1 heterocycles. The minimum Gasteiger partial charge on any atom is -0.550 e. The van der Waals surface area contributed by atoms with Crippen LogP contribution in [-0.2, 0) is 21.5 Å². The molecule has 2 rings (SSSR count). The smallest absolute Gasteiger partial charge is 0.550 e. The Bertz CT molecular complexity index is 712. The number of nitrogens with zero attached hydrogens (tertiary/aromatic N) is 2. The summed E-state index contributed by atoms with van der Waals surface area (Å²) in [5.41, 5.74) is 5.69. The minimum atomic E-state index is -1.17. The maximum Gasteiger partial charge on any atom is 1.00 e. The van der Waals surface area contributed by atoms with Gasteiger partial charge in [0.25, 0.3) is 5.91 Å². The number of carboxylic acids is 1. The van der Waals surface area contributed by atoms with Crippen LogP contribution in [0, 0.1) is 0 Å². The standard InChI is InChI=1S/C15H18N4O3.Na/c1-15(2,19-7-6-12(16)18-19)14(22)17-11-5-3-4-10(8-11)9-13(20)21;/h3-8H,9H2,1-2H3,(H2,16,18)(H,17,22)(H,20,21);/q;+1/p-1. The van der Waals surface area contributed by atoms with E-state index in [1.165, 1.54) is 4.68 Å². The third-order valence-electron chi connectivity index (χ3n) is 3.27. The summed E-state index contributed by atoms with van der Waals surface area (Å²) in [5.74, 6) is -1.13. The van der Waals surface area contributed by atoms with Crippen LogP contribution in [0.5, 0.6) is 0 Å². The van der Waals surface area contributed by atoms with Crippen molar-refractivity contribution < 1.29 is 44.3 Å². The second kappa shape index (κ2) is 7.63. The van der Waals surface area contributed by atoms with Crippen molar-refractivity contribution in [3.05, 3.63) is 42.1 Å². The number of anilines is 2. The average Bonchev–Trinajstić information content (AvgIpc) is 2.85. The van der Waals surface area contributed by atoms with E-state index >= 15 is 0 Å². The van der Waals surface area contributed by atoms with Crippen LogP contribution >= 0.6 is 0 Å². The maximum atomic E-state index is 12.4. The molecule has 0 atom stereocenters. The van der Waals surface area contributed by atoms with Crippen LogP contribution in [-0.4, -0.2) is 21.7 Å². The Labute approximate surface area is 156 Å². The van der Waals surface area contributed by atoms with Gasteiger partial charge >= 0.3 is 29.6 Å². The van der Waals surface area contributed by atoms with E-state index in [1.54, 1.807) is 50.4 Å². The van der Waals surface area contributed by atoms with Gasteiger partial charge in [-0.2, -0.15) is 5.10 Å². The molecular formula is C15H17N4NaO3. The first-order valence-electron chi connectivity index (χ1n) is 6.71. The SMILES string of the molecule is CC(C)(C(=O)Nc1cccc(CC(=O)[O-])c1)n1ccc(N)n1.[Na+]. The Hall–Kier alpha value is -1.83. The zero-order valence-corrected chi connectivity index (χ0v) is 15.4.